The molecule has 0 fully saturated rings. The summed E-state index contributed by atoms with van der Waals surface area (Å²) in [5.74, 6) is 0.415. The summed E-state index contributed by atoms with van der Waals surface area (Å²) in [6.45, 7) is 2.71. The first kappa shape index (κ1) is 21.6. The van der Waals surface area contributed by atoms with E-state index in [4.69, 9.17) is 4.74 Å². The average molecular weight is 450 g/mol. The number of aliphatic hydroxyl groups excluding tert-OH is 1. The smallest absolute Gasteiger partial charge is 0.345 e. The lowest BCUT2D eigenvalue weighted by Gasteiger charge is -2.09. The molecule has 2 heterocycles. The van der Waals surface area contributed by atoms with Gasteiger partial charge in [0.05, 0.1) is 23.9 Å². The molecular weight excluding hydrogens is 426 g/mol. The predicted octanol–water partition coefficient (Wildman–Crippen LogP) is 4.00. The van der Waals surface area contributed by atoms with Crippen molar-refractivity contribution in [3.63, 3.8) is 0 Å². The van der Waals surface area contributed by atoms with Crippen LogP contribution in [0.4, 0.5) is 0 Å². The second kappa shape index (κ2) is 9.69. The number of para-hydroxylation sites is 2. The van der Waals surface area contributed by atoms with Gasteiger partial charge in [0.1, 0.15) is 23.0 Å². The number of hydrogen-bond donors (Lipinski definition) is 2. The Morgan fingerprint density at radius 2 is 1.88 bits per heavy atom. The van der Waals surface area contributed by atoms with Gasteiger partial charge >= 0.3 is 5.97 Å². The molecule has 0 radical (unpaired) electrons. The topological polar surface area (TPSA) is 106 Å². The van der Waals surface area contributed by atoms with Gasteiger partial charge in [0, 0.05) is 13.0 Å². The molecular formula is C23H23N5O3S. The van der Waals surface area contributed by atoms with Crippen LogP contribution >= 0.6 is 11.8 Å². The fourth-order valence-electron chi connectivity index (χ4n) is 3.38. The summed E-state index contributed by atoms with van der Waals surface area (Å²) in [6.07, 6.45) is 0.663. The number of nitrogens with one attached hydrogen (secondary N) is 1. The summed E-state index contributed by atoms with van der Waals surface area (Å²) in [7, 11) is 1.27. The number of carbonyl (C=O) groups is 1. The van der Waals surface area contributed by atoms with Crippen LogP contribution < -0.4 is 0 Å². The van der Waals surface area contributed by atoms with Crippen molar-refractivity contribution in [2.75, 3.05) is 12.9 Å². The molecule has 0 spiro atoms. The molecule has 8 nitrogen and oxygen atoms in total. The Morgan fingerprint density at radius 1 is 1.12 bits per heavy atom. The van der Waals surface area contributed by atoms with E-state index >= 15 is 0 Å². The van der Waals surface area contributed by atoms with E-state index in [1.165, 1.54) is 18.9 Å². The third-order valence-corrected chi connectivity index (χ3v) is 5.94. The Kier molecular flexibility index (Phi) is 6.55. The molecule has 2 aromatic carbocycles. The number of fused-ring (bicyclic) bond motifs is 1. The highest BCUT2D eigenvalue weighted by molar-refractivity contribution is 7.99. The zero-order valence-electron chi connectivity index (χ0n) is 17.8. The number of hydrogen-bond acceptors (Lipinski definition) is 7. The van der Waals surface area contributed by atoms with E-state index in [2.05, 4.69) is 20.2 Å². The van der Waals surface area contributed by atoms with Gasteiger partial charge in [-0.1, -0.05) is 54.2 Å². The van der Waals surface area contributed by atoms with Gasteiger partial charge in [0.2, 0.25) is 0 Å². The summed E-state index contributed by atoms with van der Waals surface area (Å²) in [5.41, 5.74) is 2.61. The Labute approximate surface area is 189 Å². The van der Waals surface area contributed by atoms with Crippen LogP contribution in [-0.4, -0.2) is 48.7 Å². The highest BCUT2D eigenvalue weighted by Gasteiger charge is 2.23. The number of aliphatic hydroxyl groups is 1. The maximum atomic E-state index is 12.4. The van der Waals surface area contributed by atoms with Crippen LogP contribution in [0.25, 0.3) is 16.6 Å². The first-order valence-corrected chi connectivity index (χ1v) is 11.1. The molecule has 0 aliphatic heterocycles. The van der Waals surface area contributed by atoms with E-state index < -0.39 is 5.97 Å². The number of benzene rings is 2. The van der Waals surface area contributed by atoms with Crippen molar-refractivity contribution < 1.29 is 14.6 Å². The molecule has 0 amide bonds. The number of ether oxygens (including phenoxy) is 1. The summed E-state index contributed by atoms with van der Waals surface area (Å²) in [4.78, 5) is 19.9. The highest BCUT2D eigenvalue weighted by atomic mass is 32.2. The van der Waals surface area contributed by atoms with Crippen molar-refractivity contribution in [2.45, 2.75) is 25.0 Å². The van der Waals surface area contributed by atoms with E-state index in [1.54, 1.807) is 0 Å². The molecule has 0 atom stereocenters. The minimum Gasteiger partial charge on any atom is -0.510 e. The lowest BCUT2D eigenvalue weighted by molar-refractivity contribution is -0.133. The van der Waals surface area contributed by atoms with Gasteiger partial charge < -0.3 is 19.4 Å². The minimum absolute atomic E-state index is 0.00303. The van der Waals surface area contributed by atoms with Gasteiger partial charge in [0.25, 0.3) is 0 Å². The molecule has 4 rings (SSSR count). The van der Waals surface area contributed by atoms with Crippen LogP contribution in [0.5, 0.6) is 0 Å². The normalized spacial score (nSPS) is 12.1. The van der Waals surface area contributed by atoms with Gasteiger partial charge in [-0.15, -0.1) is 10.2 Å². The Morgan fingerprint density at radius 3 is 2.59 bits per heavy atom. The molecule has 2 aromatic heterocycles. The fraction of sp³-hybridized carbons (Fsp3) is 0.217. The number of thioether (sulfide) groups is 1. The Hall–Kier alpha value is -3.59. The van der Waals surface area contributed by atoms with E-state index in [0.717, 1.165) is 16.9 Å². The van der Waals surface area contributed by atoms with Gasteiger partial charge in [-0.25, -0.2) is 9.78 Å². The van der Waals surface area contributed by atoms with E-state index in [1.807, 2.05) is 66.1 Å². The highest BCUT2D eigenvalue weighted by Crippen LogP contribution is 2.26. The number of rotatable bonds is 8. The summed E-state index contributed by atoms with van der Waals surface area (Å²) in [6, 6.07) is 17.5. The number of esters is 1. The monoisotopic (exact) mass is 449 g/mol. The van der Waals surface area contributed by atoms with Crippen LogP contribution in [-0.2, 0) is 22.5 Å². The van der Waals surface area contributed by atoms with Crippen molar-refractivity contribution in [1.82, 2.24) is 24.7 Å². The number of methoxy groups -OCH3 is 1. The first-order chi connectivity index (χ1) is 15.6. The largest absolute Gasteiger partial charge is 0.510 e. The van der Waals surface area contributed by atoms with Crippen molar-refractivity contribution in [1.29, 1.82) is 0 Å². The van der Waals surface area contributed by atoms with Crippen molar-refractivity contribution in [2.24, 2.45) is 0 Å². The third-order valence-electron chi connectivity index (χ3n) is 4.96. The lowest BCUT2D eigenvalue weighted by atomic mass is 10.1. The van der Waals surface area contributed by atoms with Crippen LogP contribution in [0.1, 0.15) is 24.1 Å². The first-order valence-electron chi connectivity index (χ1n) is 10.1. The number of H-pyrrole nitrogens is 1. The number of aromatic amines is 1. The standard InChI is InChI=1S/C23H23N5O3S/c1-3-28-19(13-15-9-5-4-6-10-15)26-27-23(28)32-14-18(29)20(22(30)31-2)21-24-16-11-7-8-12-17(16)25-21/h4-12,29H,3,13-14H2,1-2H3,(H,24,25)/b20-18+. The Balaban J connectivity index is 1.58. The zero-order chi connectivity index (χ0) is 22.5. The molecule has 0 unspecified atom stereocenters. The van der Waals surface area contributed by atoms with E-state index in [9.17, 15) is 9.90 Å². The van der Waals surface area contributed by atoms with Gasteiger partial charge in [-0.05, 0) is 24.6 Å². The van der Waals surface area contributed by atoms with Crippen molar-refractivity contribution in [3.8, 4) is 0 Å². The molecule has 0 aliphatic carbocycles. The second-order valence-electron chi connectivity index (χ2n) is 7.01. The quantitative estimate of drug-likeness (QED) is 0.181. The SMILES string of the molecule is CCn1c(Cc2ccccc2)nnc1SC/C(O)=C(\C(=O)OC)c1nc2ccccc2[nH]1. The van der Waals surface area contributed by atoms with Crippen molar-refractivity contribution in [3.05, 3.63) is 77.6 Å². The Bertz CT molecular complexity index is 1230. The van der Waals surface area contributed by atoms with Gasteiger partial charge in [-0.2, -0.15) is 0 Å². The minimum atomic E-state index is -0.663. The van der Waals surface area contributed by atoms with Gasteiger partial charge in [-0.3, -0.25) is 0 Å². The fourth-order valence-corrected chi connectivity index (χ4v) is 4.28. The molecule has 4 aromatic rings. The third kappa shape index (κ3) is 4.52. The zero-order valence-corrected chi connectivity index (χ0v) is 18.6. The maximum Gasteiger partial charge on any atom is 0.345 e. The number of aromatic nitrogens is 5. The van der Waals surface area contributed by atoms with E-state index in [0.29, 0.717) is 23.6 Å². The number of imidazole rings is 1. The molecule has 0 aliphatic rings. The van der Waals surface area contributed by atoms with Crippen LogP contribution in [0.15, 0.2) is 65.5 Å². The molecule has 0 saturated heterocycles. The summed E-state index contributed by atoms with van der Waals surface area (Å²) < 4.78 is 6.90. The molecule has 164 valence electrons. The molecule has 9 heteroatoms. The lowest BCUT2D eigenvalue weighted by Crippen LogP contribution is -2.10. The molecule has 0 saturated carbocycles. The predicted molar refractivity (Wildman–Crippen MR) is 123 cm³/mol. The number of nitrogens with zero attached hydrogens (tertiary/aromatic N) is 4. The molecule has 0 bridgehead atoms. The average Bonchev–Trinajstić information content (AvgIpc) is 3.41. The number of carbonyl (C=O) groups excluding carboxylic acids is 1. The van der Waals surface area contributed by atoms with Crippen LogP contribution in [0, 0.1) is 0 Å². The molecule has 32 heavy (non-hydrogen) atoms. The van der Waals surface area contributed by atoms with E-state index in [-0.39, 0.29) is 22.9 Å². The maximum absolute atomic E-state index is 12.4. The van der Waals surface area contributed by atoms with Gasteiger partial charge in [0.15, 0.2) is 5.16 Å². The second-order valence-corrected chi connectivity index (χ2v) is 7.95. The van der Waals surface area contributed by atoms with Crippen LogP contribution in [0.2, 0.25) is 0 Å². The van der Waals surface area contributed by atoms with Crippen LogP contribution in [0.3, 0.4) is 0 Å². The molecule has 2 N–H and O–H groups in total. The van der Waals surface area contributed by atoms with Crippen molar-refractivity contribution >= 4 is 34.3 Å². The summed E-state index contributed by atoms with van der Waals surface area (Å²) in [5, 5.41) is 20.1. The summed E-state index contributed by atoms with van der Waals surface area (Å²) >= 11 is 1.30.